The minimum absolute atomic E-state index is 0.392. The van der Waals surface area contributed by atoms with Crippen molar-refractivity contribution in [3.8, 4) is 5.75 Å². The van der Waals surface area contributed by atoms with Gasteiger partial charge in [-0.15, -0.1) is 0 Å². The molecule has 0 atom stereocenters. The average molecular weight is 255 g/mol. The molecule has 0 bridgehead atoms. The lowest BCUT2D eigenvalue weighted by molar-refractivity contribution is 0.465. The zero-order valence-corrected chi connectivity index (χ0v) is 11.6. The normalized spacial score (nSPS) is 10.4. The van der Waals surface area contributed by atoms with E-state index in [1.165, 1.54) is 5.56 Å². The maximum atomic E-state index is 10.0. The highest BCUT2D eigenvalue weighted by Gasteiger charge is 2.05. The summed E-state index contributed by atoms with van der Waals surface area (Å²) in [5.41, 5.74) is 4.34. The topological polar surface area (TPSA) is 32.3 Å². The van der Waals surface area contributed by atoms with Gasteiger partial charge in [0.2, 0.25) is 0 Å². The summed E-state index contributed by atoms with van der Waals surface area (Å²) in [6.07, 6.45) is 2.21. The first kappa shape index (κ1) is 13.5. The van der Waals surface area contributed by atoms with Gasteiger partial charge >= 0.3 is 0 Å². The fraction of sp³-hybridized carbons (Fsp3) is 0.294. The third-order valence-corrected chi connectivity index (χ3v) is 3.33. The molecule has 0 spiro atoms. The van der Waals surface area contributed by atoms with Crippen molar-refractivity contribution < 1.29 is 5.11 Å². The summed E-state index contributed by atoms with van der Waals surface area (Å²) in [5, 5.41) is 13.4. The molecule has 2 nitrogen and oxygen atoms in total. The molecule has 19 heavy (non-hydrogen) atoms. The zero-order chi connectivity index (χ0) is 13.7. The summed E-state index contributed by atoms with van der Waals surface area (Å²) < 4.78 is 0. The van der Waals surface area contributed by atoms with E-state index in [0.717, 1.165) is 29.7 Å². The van der Waals surface area contributed by atoms with Gasteiger partial charge in [0.1, 0.15) is 5.75 Å². The number of phenolic OH excluding ortho intramolecular Hbond substituents is 1. The van der Waals surface area contributed by atoms with Gasteiger partial charge in [-0.05, 0) is 30.5 Å². The standard InChI is InChI=1S/C17H21NO/c1-3-7-14-9-4-5-11-16(14)18-12-15-10-6-8-13(2)17(15)19/h4-6,8-11,18-19H,3,7,12H2,1-2H3. The molecule has 0 saturated heterocycles. The number of hydrogen-bond donors (Lipinski definition) is 2. The average Bonchev–Trinajstić information content (AvgIpc) is 2.42. The van der Waals surface area contributed by atoms with Crippen molar-refractivity contribution in [1.82, 2.24) is 0 Å². The summed E-state index contributed by atoms with van der Waals surface area (Å²) in [7, 11) is 0. The Bertz CT molecular complexity index is 549. The second-order valence-corrected chi connectivity index (χ2v) is 4.84. The number of para-hydroxylation sites is 2. The van der Waals surface area contributed by atoms with Crippen LogP contribution in [0.4, 0.5) is 5.69 Å². The molecule has 2 aromatic carbocycles. The van der Waals surface area contributed by atoms with Crippen molar-refractivity contribution in [3.05, 3.63) is 59.2 Å². The molecule has 2 rings (SSSR count). The second-order valence-electron chi connectivity index (χ2n) is 4.84. The summed E-state index contributed by atoms with van der Waals surface area (Å²) in [6, 6.07) is 14.2. The molecule has 0 radical (unpaired) electrons. The van der Waals surface area contributed by atoms with E-state index in [1.54, 1.807) is 0 Å². The SMILES string of the molecule is CCCc1ccccc1NCc1cccc(C)c1O. The highest BCUT2D eigenvalue weighted by Crippen LogP contribution is 2.23. The molecule has 0 aliphatic rings. The van der Waals surface area contributed by atoms with Gasteiger partial charge in [-0.3, -0.25) is 0 Å². The van der Waals surface area contributed by atoms with E-state index in [2.05, 4.69) is 30.4 Å². The lowest BCUT2D eigenvalue weighted by Crippen LogP contribution is -2.03. The molecular weight excluding hydrogens is 234 g/mol. The van der Waals surface area contributed by atoms with Crippen LogP contribution in [0.15, 0.2) is 42.5 Å². The molecule has 100 valence electrons. The highest BCUT2D eigenvalue weighted by molar-refractivity contribution is 5.52. The van der Waals surface area contributed by atoms with Crippen LogP contribution in [-0.2, 0) is 13.0 Å². The van der Waals surface area contributed by atoms with Crippen LogP contribution in [0.1, 0.15) is 30.0 Å². The number of aryl methyl sites for hydroxylation is 2. The minimum atomic E-state index is 0.392. The Morgan fingerprint density at radius 2 is 1.74 bits per heavy atom. The predicted octanol–water partition coefficient (Wildman–Crippen LogP) is 4.27. The fourth-order valence-corrected chi connectivity index (χ4v) is 2.23. The Morgan fingerprint density at radius 3 is 2.53 bits per heavy atom. The van der Waals surface area contributed by atoms with E-state index in [0.29, 0.717) is 12.3 Å². The molecule has 2 heteroatoms. The summed E-state index contributed by atoms with van der Waals surface area (Å²) >= 11 is 0. The lowest BCUT2D eigenvalue weighted by Gasteiger charge is -2.13. The predicted molar refractivity (Wildman–Crippen MR) is 80.6 cm³/mol. The molecular formula is C17H21NO. The zero-order valence-electron chi connectivity index (χ0n) is 11.6. The van der Waals surface area contributed by atoms with Gasteiger partial charge in [0.05, 0.1) is 0 Å². The van der Waals surface area contributed by atoms with Crippen LogP contribution in [0, 0.1) is 6.92 Å². The maximum absolute atomic E-state index is 10.0. The van der Waals surface area contributed by atoms with Crippen LogP contribution in [0.2, 0.25) is 0 Å². The molecule has 0 amide bonds. The number of hydrogen-bond acceptors (Lipinski definition) is 2. The van der Waals surface area contributed by atoms with Crippen molar-refractivity contribution in [3.63, 3.8) is 0 Å². The third kappa shape index (κ3) is 3.28. The highest BCUT2D eigenvalue weighted by atomic mass is 16.3. The van der Waals surface area contributed by atoms with Crippen molar-refractivity contribution >= 4 is 5.69 Å². The maximum Gasteiger partial charge on any atom is 0.123 e. The van der Waals surface area contributed by atoms with E-state index in [4.69, 9.17) is 0 Å². The van der Waals surface area contributed by atoms with Crippen LogP contribution in [0.5, 0.6) is 5.75 Å². The number of aromatic hydroxyl groups is 1. The molecule has 0 aliphatic carbocycles. The monoisotopic (exact) mass is 255 g/mol. The van der Waals surface area contributed by atoms with Gasteiger partial charge in [0.25, 0.3) is 0 Å². The van der Waals surface area contributed by atoms with Crippen molar-refractivity contribution in [2.45, 2.75) is 33.2 Å². The summed E-state index contributed by atoms with van der Waals surface area (Å²) in [6.45, 7) is 4.75. The molecule has 0 heterocycles. The Kier molecular flexibility index (Phi) is 4.45. The molecule has 0 aromatic heterocycles. The largest absolute Gasteiger partial charge is 0.507 e. The first-order valence-electron chi connectivity index (χ1n) is 6.81. The van der Waals surface area contributed by atoms with Gasteiger partial charge in [-0.25, -0.2) is 0 Å². The molecule has 2 aromatic rings. The quantitative estimate of drug-likeness (QED) is 0.836. The smallest absolute Gasteiger partial charge is 0.123 e. The number of benzene rings is 2. The first-order chi connectivity index (χ1) is 9.22. The lowest BCUT2D eigenvalue weighted by atomic mass is 10.1. The molecule has 0 aliphatic heterocycles. The van der Waals surface area contributed by atoms with Gasteiger partial charge in [0, 0.05) is 17.8 Å². The minimum Gasteiger partial charge on any atom is -0.507 e. The van der Waals surface area contributed by atoms with Crippen molar-refractivity contribution in [2.24, 2.45) is 0 Å². The first-order valence-corrected chi connectivity index (χ1v) is 6.81. The van der Waals surface area contributed by atoms with Gasteiger partial charge in [0.15, 0.2) is 0 Å². The number of phenols is 1. The van der Waals surface area contributed by atoms with E-state index in [9.17, 15) is 5.11 Å². The molecule has 0 saturated carbocycles. The Hall–Kier alpha value is -1.96. The molecule has 0 unspecified atom stereocenters. The number of nitrogens with one attached hydrogen (secondary N) is 1. The van der Waals surface area contributed by atoms with E-state index in [1.807, 2.05) is 31.2 Å². The fourth-order valence-electron chi connectivity index (χ4n) is 2.23. The summed E-state index contributed by atoms with van der Waals surface area (Å²) in [5.74, 6) is 0.392. The number of rotatable bonds is 5. The van der Waals surface area contributed by atoms with Crippen LogP contribution < -0.4 is 5.32 Å². The van der Waals surface area contributed by atoms with Gasteiger partial charge in [-0.2, -0.15) is 0 Å². The van der Waals surface area contributed by atoms with Crippen LogP contribution in [0.25, 0.3) is 0 Å². The Labute approximate surface area is 115 Å². The summed E-state index contributed by atoms with van der Waals surface area (Å²) in [4.78, 5) is 0. The third-order valence-electron chi connectivity index (χ3n) is 3.33. The van der Waals surface area contributed by atoms with Crippen molar-refractivity contribution in [2.75, 3.05) is 5.32 Å². The van der Waals surface area contributed by atoms with Crippen LogP contribution in [-0.4, -0.2) is 5.11 Å². The molecule has 0 fully saturated rings. The number of anilines is 1. The Balaban J connectivity index is 2.12. The van der Waals surface area contributed by atoms with Crippen LogP contribution >= 0.6 is 0 Å². The van der Waals surface area contributed by atoms with Gasteiger partial charge < -0.3 is 10.4 Å². The second kappa shape index (κ2) is 6.28. The van der Waals surface area contributed by atoms with E-state index in [-0.39, 0.29) is 0 Å². The van der Waals surface area contributed by atoms with Crippen molar-refractivity contribution in [1.29, 1.82) is 0 Å². The Morgan fingerprint density at radius 1 is 1.00 bits per heavy atom. The van der Waals surface area contributed by atoms with Crippen LogP contribution in [0.3, 0.4) is 0 Å². The van der Waals surface area contributed by atoms with E-state index >= 15 is 0 Å². The molecule has 2 N–H and O–H groups in total. The van der Waals surface area contributed by atoms with Gasteiger partial charge in [-0.1, -0.05) is 49.7 Å². The van der Waals surface area contributed by atoms with E-state index < -0.39 is 0 Å².